The zero-order valence-electron chi connectivity index (χ0n) is 16.2. The lowest BCUT2D eigenvalue weighted by atomic mass is 10.1. The van der Waals surface area contributed by atoms with Gasteiger partial charge in [0.15, 0.2) is 0 Å². The Hall–Kier alpha value is -2.64. The molecule has 28 heavy (non-hydrogen) atoms. The molecule has 0 aliphatic heterocycles. The summed E-state index contributed by atoms with van der Waals surface area (Å²) in [5.41, 5.74) is 3.78. The number of hydrogen-bond acceptors (Lipinski definition) is 3. The molecule has 2 aromatic carbocycles. The minimum absolute atomic E-state index is 0.122. The van der Waals surface area contributed by atoms with Gasteiger partial charge in [0.05, 0.1) is 11.3 Å². The van der Waals surface area contributed by atoms with Crippen molar-refractivity contribution in [2.24, 2.45) is 0 Å². The SMILES string of the molecule is Cc1[nH]c2ccccc2c1C(=O)NCc1ccccc1CS(=O)(=O)NC(C)C. The molecule has 0 aliphatic rings. The Balaban J connectivity index is 1.78. The van der Waals surface area contributed by atoms with Crippen LogP contribution in [-0.2, 0) is 22.3 Å². The Morgan fingerprint density at radius 1 is 1.04 bits per heavy atom. The third kappa shape index (κ3) is 4.61. The van der Waals surface area contributed by atoms with Gasteiger partial charge in [-0.3, -0.25) is 4.79 Å². The first-order valence-corrected chi connectivity index (χ1v) is 10.8. The van der Waals surface area contributed by atoms with Crippen molar-refractivity contribution in [2.75, 3.05) is 0 Å². The van der Waals surface area contributed by atoms with Crippen LogP contribution in [0, 0.1) is 6.92 Å². The van der Waals surface area contributed by atoms with Crippen LogP contribution in [0.15, 0.2) is 48.5 Å². The van der Waals surface area contributed by atoms with Crippen molar-refractivity contribution in [3.63, 3.8) is 0 Å². The minimum Gasteiger partial charge on any atom is -0.358 e. The molecular formula is C21H25N3O3S. The van der Waals surface area contributed by atoms with E-state index in [1.807, 2.05) is 43.3 Å². The van der Waals surface area contributed by atoms with Crippen molar-refractivity contribution >= 4 is 26.8 Å². The lowest BCUT2D eigenvalue weighted by Crippen LogP contribution is -2.32. The number of H-pyrrole nitrogens is 1. The van der Waals surface area contributed by atoms with Gasteiger partial charge >= 0.3 is 0 Å². The Bertz CT molecular complexity index is 1100. The highest BCUT2D eigenvalue weighted by Gasteiger charge is 2.18. The van der Waals surface area contributed by atoms with Crippen molar-refractivity contribution in [1.29, 1.82) is 0 Å². The Morgan fingerprint density at radius 2 is 1.68 bits per heavy atom. The summed E-state index contributed by atoms with van der Waals surface area (Å²) in [6.45, 7) is 5.69. The first-order valence-electron chi connectivity index (χ1n) is 9.19. The molecule has 3 aromatic rings. The van der Waals surface area contributed by atoms with Crippen LogP contribution >= 0.6 is 0 Å². The molecule has 0 aliphatic carbocycles. The third-order valence-corrected chi connectivity index (χ3v) is 5.96. The molecule has 0 fully saturated rings. The van der Waals surface area contributed by atoms with Crippen LogP contribution < -0.4 is 10.0 Å². The largest absolute Gasteiger partial charge is 0.358 e. The van der Waals surface area contributed by atoms with Crippen LogP contribution in [0.4, 0.5) is 0 Å². The minimum atomic E-state index is -3.44. The standard InChI is InChI=1S/C21H25N3O3S/c1-14(2)24-28(26,27)13-17-9-5-4-8-16(17)12-22-21(25)20-15(3)23-19-11-7-6-10-18(19)20/h4-11,14,23-24H,12-13H2,1-3H3,(H,22,25). The summed E-state index contributed by atoms with van der Waals surface area (Å²) in [5.74, 6) is -0.309. The van der Waals surface area contributed by atoms with Crippen LogP contribution in [-0.4, -0.2) is 25.4 Å². The zero-order valence-corrected chi connectivity index (χ0v) is 17.1. The number of aryl methyl sites for hydroxylation is 1. The summed E-state index contributed by atoms with van der Waals surface area (Å²) < 4.78 is 27.1. The van der Waals surface area contributed by atoms with E-state index in [1.165, 1.54) is 0 Å². The molecule has 0 unspecified atom stereocenters. The summed E-state index contributed by atoms with van der Waals surface area (Å²) in [6.07, 6.45) is 0. The van der Waals surface area contributed by atoms with Gasteiger partial charge in [0.25, 0.3) is 5.91 Å². The number of carbonyl (C=O) groups excluding carboxylic acids is 1. The van der Waals surface area contributed by atoms with Gasteiger partial charge in [-0.25, -0.2) is 13.1 Å². The lowest BCUT2D eigenvalue weighted by Gasteiger charge is -2.13. The van der Waals surface area contributed by atoms with Gasteiger partial charge in [-0.05, 0) is 38.0 Å². The first kappa shape index (κ1) is 20.1. The lowest BCUT2D eigenvalue weighted by molar-refractivity contribution is 0.0952. The second kappa shape index (κ2) is 8.16. The fourth-order valence-electron chi connectivity index (χ4n) is 3.31. The summed E-state index contributed by atoms with van der Waals surface area (Å²) in [4.78, 5) is 16.0. The van der Waals surface area contributed by atoms with Gasteiger partial charge < -0.3 is 10.3 Å². The van der Waals surface area contributed by atoms with Gasteiger partial charge in [0.2, 0.25) is 10.0 Å². The predicted molar refractivity (Wildman–Crippen MR) is 112 cm³/mol. The number of aromatic amines is 1. The highest BCUT2D eigenvalue weighted by Crippen LogP contribution is 2.22. The van der Waals surface area contributed by atoms with E-state index >= 15 is 0 Å². The van der Waals surface area contributed by atoms with E-state index in [-0.39, 0.29) is 24.2 Å². The molecule has 0 radical (unpaired) electrons. The third-order valence-electron chi connectivity index (χ3n) is 4.44. The molecule has 1 amide bonds. The Morgan fingerprint density at radius 3 is 2.39 bits per heavy atom. The van der Waals surface area contributed by atoms with E-state index in [0.717, 1.165) is 22.2 Å². The molecule has 6 nitrogen and oxygen atoms in total. The molecule has 7 heteroatoms. The molecule has 0 bridgehead atoms. The number of rotatable bonds is 7. The number of aromatic nitrogens is 1. The molecule has 3 rings (SSSR count). The Kier molecular flexibility index (Phi) is 5.86. The number of amides is 1. The summed E-state index contributed by atoms with van der Waals surface area (Å²) >= 11 is 0. The fraction of sp³-hybridized carbons (Fsp3) is 0.286. The molecule has 0 spiro atoms. The summed E-state index contributed by atoms with van der Waals surface area (Å²) in [7, 11) is -3.44. The van der Waals surface area contributed by atoms with Gasteiger partial charge in [-0.15, -0.1) is 0 Å². The molecule has 148 valence electrons. The summed E-state index contributed by atoms with van der Waals surface area (Å²) in [5, 5.41) is 3.80. The van der Waals surface area contributed by atoms with Crippen molar-refractivity contribution in [3.8, 4) is 0 Å². The molecule has 0 atom stereocenters. The normalized spacial score (nSPS) is 11.9. The highest BCUT2D eigenvalue weighted by atomic mass is 32.2. The van der Waals surface area contributed by atoms with Crippen molar-refractivity contribution in [2.45, 2.75) is 39.1 Å². The monoisotopic (exact) mass is 399 g/mol. The van der Waals surface area contributed by atoms with Crippen LogP contribution in [0.2, 0.25) is 0 Å². The number of benzene rings is 2. The van der Waals surface area contributed by atoms with Gasteiger partial charge in [-0.2, -0.15) is 0 Å². The molecule has 0 saturated carbocycles. The second-order valence-corrected chi connectivity index (χ2v) is 8.91. The molecule has 3 N–H and O–H groups in total. The topological polar surface area (TPSA) is 91.1 Å². The van der Waals surface area contributed by atoms with E-state index in [1.54, 1.807) is 26.0 Å². The van der Waals surface area contributed by atoms with Crippen LogP contribution in [0.25, 0.3) is 10.9 Å². The van der Waals surface area contributed by atoms with E-state index in [9.17, 15) is 13.2 Å². The van der Waals surface area contributed by atoms with Gasteiger partial charge in [0.1, 0.15) is 0 Å². The molecule has 0 saturated heterocycles. The smallest absolute Gasteiger partial charge is 0.253 e. The number of fused-ring (bicyclic) bond motifs is 1. The number of sulfonamides is 1. The molecule has 1 heterocycles. The number of carbonyl (C=O) groups is 1. The second-order valence-electron chi connectivity index (χ2n) is 7.15. The van der Waals surface area contributed by atoms with Crippen molar-refractivity contribution in [3.05, 3.63) is 70.9 Å². The Labute approximate surface area is 165 Å². The van der Waals surface area contributed by atoms with Crippen LogP contribution in [0.3, 0.4) is 0 Å². The highest BCUT2D eigenvalue weighted by molar-refractivity contribution is 7.88. The van der Waals surface area contributed by atoms with E-state index in [0.29, 0.717) is 11.1 Å². The zero-order chi connectivity index (χ0) is 20.3. The van der Waals surface area contributed by atoms with Gasteiger partial charge in [-0.1, -0.05) is 42.5 Å². The quantitative estimate of drug-likeness (QED) is 0.570. The first-order chi connectivity index (χ1) is 13.3. The average Bonchev–Trinajstić information content (AvgIpc) is 2.95. The predicted octanol–water partition coefficient (Wildman–Crippen LogP) is 3.23. The number of nitrogens with one attached hydrogen (secondary N) is 3. The van der Waals surface area contributed by atoms with Crippen LogP contribution in [0.1, 0.15) is 41.0 Å². The van der Waals surface area contributed by atoms with Crippen molar-refractivity contribution < 1.29 is 13.2 Å². The van der Waals surface area contributed by atoms with E-state index < -0.39 is 10.0 Å². The van der Waals surface area contributed by atoms with E-state index in [4.69, 9.17) is 0 Å². The number of hydrogen-bond donors (Lipinski definition) is 3. The van der Waals surface area contributed by atoms with E-state index in [2.05, 4.69) is 15.0 Å². The maximum Gasteiger partial charge on any atom is 0.253 e. The van der Waals surface area contributed by atoms with Gasteiger partial charge in [0, 0.05) is 29.2 Å². The summed E-state index contributed by atoms with van der Waals surface area (Å²) in [6, 6.07) is 14.7. The maximum atomic E-state index is 12.8. The van der Waals surface area contributed by atoms with Crippen molar-refractivity contribution in [1.82, 2.24) is 15.0 Å². The average molecular weight is 400 g/mol. The fourth-order valence-corrected chi connectivity index (χ4v) is 4.80. The maximum absolute atomic E-state index is 12.8. The number of para-hydroxylation sites is 1. The molecular weight excluding hydrogens is 374 g/mol. The van der Waals surface area contributed by atoms with Crippen LogP contribution in [0.5, 0.6) is 0 Å². The molecule has 1 aromatic heterocycles.